The zero-order valence-electron chi connectivity index (χ0n) is 17.9. The average molecular weight is 416 g/mol. The van der Waals surface area contributed by atoms with Crippen molar-refractivity contribution >= 4 is 17.6 Å². The molecule has 1 aromatic carbocycles. The van der Waals surface area contributed by atoms with Crippen LogP contribution in [0.5, 0.6) is 0 Å². The van der Waals surface area contributed by atoms with Gasteiger partial charge in [-0.2, -0.15) is 0 Å². The molecule has 3 rings (SSSR count). The first-order valence-electron chi connectivity index (χ1n) is 10.4. The van der Waals surface area contributed by atoms with Gasteiger partial charge < -0.3 is 24.4 Å². The summed E-state index contributed by atoms with van der Waals surface area (Å²) in [7, 11) is 1.73. The predicted octanol–water partition coefficient (Wildman–Crippen LogP) is 2.80. The molecule has 2 heterocycles. The van der Waals surface area contributed by atoms with Crippen molar-refractivity contribution in [3.63, 3.8) is 0 Å². The highest BCUT2D eigenvalue weighted by atomic mass is 19.1. The van der Waals surface area contributed by atoms with E-state index in [-0.39, 0.29) is 11.7 Å². The van der Waals surface area contributed by atoms with Crippen LogP contribution in [0.3, 0.4) is 0 Å². The van der Waals surface area contributed by atoms with E-state index in [0.29, 0.717) is 44.2 Å². The minimum absolute atomic E-state index is 0.0913. The van der Waals surface area contributed by atoms with Gasteiger partial charge in [0.25, 0.3) is 5.91 Å². The van der Waals surface area contributed by atoms with E-state index in [9.17, 15) is 9.18 Å². The first-order valence-corrected chi connectivity index (χ1v) is 10.4. The zero-order valence-corrected chi connectivity index (χ0v) is 17.9. The van der Waals surface area contributed by atoms with Gasteiger partial charge in [-0.05, 0) is 43.7 Å². The molecule has 0 aliphatic carbocycles. The molecule has 30 heavy (non-hydrogen) atoms. The Kier molecular flexibility index (Phi) is 7.32. The van der Waals surface area contributed by atoms with Gasteiger partial charge >= 0.3 is 0 Å². The summed E-state index contributed by atoms with van der Waals surface area (Å²) in [5.74, 6) is 0.805. The predicted molar refractivity (Wildman–Crippen MR) is 116 cm³/mol. The van der Waals surface area contributed by atoms with Crippen molar-refractivity contribution < 1.29 is 13.6 Å². The number of hydrogen-bond acceptors (Lipinski definition) is 4. The third-order valence-corrected chi connectivity index (χ3v) is 5.38. The second-order valence-corrected chi connectivity index (χ2v) is 7.12. The molecule has 2 aromatic rings. The zero-order chi connectivity index (χ0) is 21.5. The van der Waals surface area contributed by atoms with Crippen LogP contribution in [-0.4, -0.2) is 68.0 Å². The fourth-order valence-corrected chi connectivity index (χ4v) is 3.67. The lowest BCUT2D eigenvalue weighted by molar-refractivity contribution is 0.0657. The summed E-state index contributed by atoms with van der Waals surface area (Å²) in [5, 5.41) is 3.30. The summed E-state index contributed by atoms with van der Waals surface area (Å²) >= 11 is 0. The largest absolute Gasteiger partial charge is 0.459 e. The lowest BCUT2D eigenvalue weighted by Crippen LogP contribution is -2.53. The second-order valence-electron chi connectivity index (χ2n) is 7.12. The number of piperazine rings is 1. The van der Waals surface area contributed by atoms with Gasteiger partial charge in [0.15, 0.2) is 11.7 Å². The van der Waals surface area contributed by atoms with Crippen LogP contribution in [0.25, 0.3) is 0 Å². The number of benzene rings is 1. The smallest absolute Gasteiger partial charge is 0.289 e. The van der Waals surface area contributed by atoms with Crippen molar-refractivity contribution in [1.82, 2.24) is 15.1 Å². The monoisotopic (exact) mass is 415 g/mol. The molecule has 1 aromatic heterocycles. The number of rotatable bonds is 6. The lowest BCUT2D eigenvalue weighted by atomic mass is 10.1. The molecular weight excluding hydrogens is 385 g/mol. The van der Waals surface area contributed by atoms with Crippen LogP contribution in [-0.2, 0) is 6.54 Å². The molecule has 1 saturated heterocycles. The van der Waals surface area contributed by atoms with Gasteiger partial charge in [0.2, 0.25) is 0 Å². The first-order chi connectivity index (χ1) is 14.6. The number of aliphatic imine (C=N–C) groups is 1. The van der Waals surface area contributed by atoms with Crippen LogP contribution < -0.4 is 10.2 Å². The molecule has 0 atom stereocenters. The Morgan fingerprint density at radius 1 is 1.17 bits per heavy atom. The summed E-state index contributed by atoms with van der Waals surface area (Å²) in [5.41, 5.74) is 1.49. The van der Waals surface area contributed by atoms with Crippen molar-refractivity contribution in [3.8, 4) is 0 Å². The van der Waals surface area contributed by atoms with Gasteiger partial charge in [-0.15, -0.1) is 0 Å². The lowest BCUT2D eigenvalue weighted by Gasteiger charge is -2.36. The Morgan fingerprint density at radius 2 is 1.87 bits per heavy atom. The van der Waals surface area contributed by atoms with Gasteiger partial charge in [-0.3, -0.25) is 9.79 Å². The third kappa shape index (κ3) is 4.93. The summed E-state index contributed by atoms with van der Waals surface area (Å²) in [6.45, 7) is 8.57. The number of hydrogen-bond donors (Lipinski definition) is 1. The number of halogens is 1. The number of guanidine groups is 1. The number of furan rings is 1. The van der Waals surface area contributed by atoms with E-state index < -0.39 is 0 Å². The minimum atomic E-state index is -0.210. The van der Waals surface area contributed by atoms with E-state index in [1.165, 1.54) is 6.26 Å². The van der Waals surface area contributed by atoms with E-state index in [1.807, 2.05) is 30.9 Å². The summed E-state index contributed by atoms with van der Waals surface area (Å²) < 4.78 is 19.7. The molecule has 1 aliphatic rings. The molecule has 1 N–H and O–H groups in total. The molecule has 8 heteroatoms. The molecule has 1 aliphatic heterocycles. The summed E-state index contributed by atoms with van der Waals surface area (Å²) in [4.78, 5) is 22.6. The quantitative estimate of drug-likeness (QED) is 0.581. The molecular formula is C22H30FN5O2. The Hall–Kier alpha value is -3.03. The Labute approximate surface area is 177 Å². The normalized spacial score (nSPS) is 14.7. The van der Waals surface area contributed by atoms with Gasteiger partial charge in [0.1, 0.15) is 5.82 Å². The minimum Gasteiger partial charge on any atom is -0.459 e. The van der Waals surface area contributed by atoms with E-state index in [4.69, 9.17) is 4.42 Å². The number of nitrogens with zero attached hydrogens (tertiary/aromatic N) is 4. The highest BCUT2D eigenvalue weighted by molar-refractivity contribution is 5.91. The van der Waals surface area contributed by atoms with E-state index in [0.717, 1.165) is 24.6 Å². The van der Waals surface area contributed by atoms with Crippen LogP contribution in [0, 0.1) is 5.82 Å². The third-order valence-electron chi connectivity index (χ3n) is 5.38. The van der Waals surface area contributed by atoms with Crippen molar-refractivity contribution in [3.05, 3.63) is 53.7 Å². The maximum absolute atomic E-state index is 14.5. The fraction of sp³-hybridized carbons (Fsp3) is 0.455. The van der Waals surface area contributed by atoms with Gasteiger partial charge in [0, 0.05) is 52.9 Å². The van der Waals surface area contributed by atoms with Crippen LogP contribution >= 0.6 is 0 Å². The maximum Gasteiger partial charge on any atom is 0.289 e. The Balaban J connectivity index is 1.54. The SMILES string of the molecule is CCN(CC)c1ccc(CNC(=NC)N2CCN(C(=O)c3ccco3)CC2)cc1F. The number of amides is 1. The number of carbonyl (C=O) groups is 1. The second kappa shape index (κ2) is 10.1. The topological polar surface area (TPSA) is 64.3 Å². The Morgan fingerprint density at radius 3 is 2.43 bits per heavy atom. The van der Waals surface area contributed by atoms with Crippen LogP contribution in [0.1, 0.15) is 30.0 Å². The number of carbonyl (C=O) groups excluding carboxylic acids is 1. The van der Waals surface area contributed by atoms with Crippen LogP contribution in [0.2, 0.25) is 0 Å². The van der Waals surface area contributed by atoms with E-state index in [1.54, 1.807) is 30.1 Å². The van der Waals surface area contributed by atoms with Gasteiger partial charge in [0.05, 0.1) is 12.0 Å². The van der Waals surface area contributed by atoms with Crippen molar-refractivity contribution in [2.24, 2.45) is 4.99 Å². The Bertz CT molecular complexity index is 856. The molecule has 1 fully saturated rings. The van der Waals surface area contributed by atoms with Gasteiger partial charge in [-0.25, -0.2) is 4.39 Å². The average Bonchev–Trinajstić information content (AvgIpc) is 3.31. The highest BCUT2D eigenvalue weighted by Crippen LogP contribution is 2.20. The van der Waals surface area contributed by atoms with Crippen molar-refractivity contribution in [1.29, 1.82) is 0 Å². The van der Waals surface area contributed by atoms with E-state index >= 15 is 0 Å². The maximum atomic E-state index is 14.5. The number of nitrogens with one attached hydrogen (secondary N) is 1. The molecule has 7 nitrogen and oxygen atoms in total. The molecule has 1 amide bonds. The van der Waals surface area contributed by atoms with Crippen LogP contribution in [0.15, 0.2) is 46.0 Å². The molecule has 0 spiro atoms. The molecule has 0 unspecified atom stereocenters. The molecule has 0 radical (unpaired) electrons. The number of anilines is 1. The van der Waals surface area contributed by atoms with Crippen molar-refractivity contribution in [2.75, 3.05) is 51.2 Å². The standard InChI is InChI=1S/C22H30FN5O2/c1-4-26(5-2)19-9-8-17(15-18(19)23)16-25-22(24-3)28-12-10-27(11-13-28)21(29)20-7-6-14-30-20/h6-9,14-15H,4-5,10-13,16H2,1-3H3,(H,24,25). The first kappa shape index (κ1) is 21.7. The van der Waals surface area contributed by atoms with Crippen molar-refractivity contribution in [2.45, 2.75) is 20.4 Å². The molecule has 162 valence electrons. The highest BCUT2D eigenvalue weighted by Gasteiger charge is 2.25. The summed E-state index contributed by atoms with van der Waals surface area (Å²) in [6, 6.07) is 8.75. The van der Waals surface area contributed by atoms with Crippen LogP contribution in [0.4, 0.5) is 10.1 Å². The van der Waals surface area contributed by atoms with Gasteiger partial charge in [-0.1, -0.05) is 6.07 Å². The molecule has 0 saturated carbocycles. The molecule has 0 bridgehead atoms. The summed E-state index contributed by atoms with van der Waals surface area (Å²) in [6.07, 6.45) is 1.51. The fourth-order valence-electron chi connectivity index (χ4n) is 3.67. The van der Waals surface area contributed by atoms with E-state index in [2.05, 4.69) is 15.2 Å².